The summed E-state index contributed by atoms with van der Waals surface area (Å²) in [5.41, 5.74) is 3.80. The maximum Gasteiger partial charge on any atom is 0.119 e. The van der Waals surface area contributed by atoms with Crippen LogP contribution in [0, 0.1) is 0 Å². The fourth-order valence-electron chi connectivity index (χ4n) is 4.70. The van der Waals surface area contributed by atoms with Crippen LogP contribution in [0.15, 0.2) is 72.8 Å². The second-order valence-corrected chi connectivity index (χ2v) is 9.93. The molecule has 3 nitrogen and oxygen atoms in total. The van der Waals surface area contributed by atoms with Crippen molar-refractivity contribution in [2.75, 3.05) is 26.2 Å². The Bertz CT molecular complexity index is 1180. The fourth-order valence-corrected chi connectivity index (χ4v) is 5.96. The van der Waals surface area contributed by atoms with Gasteiger partial charge in [-0.3, -0.25) is 4.90 Å². The molecule has 1 N–H and O–H groups in total. The lowest BCUT2D eigenvalue weighted by molar-refractivity contribution is 0.214. The molecule has 0 saturated carbocycles. The zero-order valence-electron chi connectivity index (χ0n) is 19.0. The topological polar surface area (TPSA) is 32.7 Å². The van der Waals surface area contributed by atoms with Crippen LogP contribution in [0.5, 0.6) is 11.5 Å². The van der Waals surface area contributed by atoms with Gasteiger partial charge in [0.25, 0.3) is 0 Å². The Labute approximate surface area is 200 Å². The Morgan fingerprint density at radius 1 is 0.848 bits per heavy atom. The first-order valence-corrected chi connectivity index (χ1v) is 12.8. The molecular formula is C29H31NO2S. The number of hydrogen-bond donors (Lipinski definition) is 1. The van der Waals surface area contributed by atoms with Gasteiger partial charge in [-0.1, -0.05) is 55.3 Å². The smallest absolute Gasteiger partial charge is 0.119 e. The van der Waals surface area contributed by atoms with Gasteiger partial charge in [-0.05, 0) is 84.8 Å². The molecule has 170 valence electrons. The summed E-state index contributed by atoms with van der Waals surface area (Å²) in [7, 11) is 0. The lowest BCUT2D eigenvalue weighted by atomic mass is 9.99. The third-order valence-corrected chi connectivity index (χ3v) is 7.74. The summed E-state index contributed by atoms with van der Waals surface area (Å²) in [5, 5.41) is 11.2. The molecule has 2 heterocycles. The quantitative estimate of drug-likeness (QED) is 0.321. The molecule has 0 atom stereocenters. The number of ether oxygens (including phenoxy) is 1. The molecule has 5 rings (SSSR count). The van der Waals surface area contributed by atoms with Gasteiger partial charge in [-0.2, -0.15) is 0 Å². The highest BCUT2D eigenvalue weighted by Crippen LogP contribution is 2.41. The average Bonchev–Trinajstić information content (AvgIpc) is 3.00. The van der Waals surface area contributed by atoms with Gasteiger partial charge in [-0.15, -0.1) is 11.3 Å². The normalized spacial score (nSPS) is 14.9. The number of benzene rings is 3. The number of nitrogens with zero attached hydrogens (tertiary/aromatic N) is 1. The molecule has 1 aliphatic rings. The van der Waals surface area contributed by atoms with E-state index in [4.69, 9.17) is 4.74 Å². The molecule has 0 amide bonds. The second-order valence-electron chi connectivity index (χ2n) is 8.88. The van der Waals surface area contributed by atoms with Crippen LogP contribution < -0.4 is 4.74 Å². The van der Waals surface area contributed by atoms with Crippen LogP contribution >= 0.6 is 11.3 Å². The average molecular weight is 458 g/mol. The summed E-state index contributed by atoms with van der Waals surface area (Å²) in [6, 6.07) is 24.8. The van der Waals surface area contributed by atoms with Gasteiger partial charge in [0, 0.05) is 16.1 Å². The molecule has 4 aromatic rings. The minimum Gasteiger partial charge on any atom is -0.508 e. The predicted molar refractivity (Wildman–Crippen MR) is 139 cm³/mol. The highest BCUT2D eigenvalue weighted by Gasteiger charge is 2.15. The van der Waals surface area contributed by atoms with Crippen LogP contribution in [0.1, 0.15) is 36.8 Å². The van der Waals surface area contributed by atoms with E-state index >= 15 is 0 Å². The van der Waals surface area contributed by atoms with E-state index in [1.165, 1.54) is 65.7 Å². The molecule has 0 aliphatic carbocycles. The zero-order chi connectivity index (χ0) is 22.5. The molecule has 0 bridgehead atoms. The van der Waals surface area contributed by atoms with E-state index in [1.54, 1.807) is 17.4 Å². The van der Waals surface area contributed by atoms with Crippen molar-refractivity contribution in [2.45, 2.75) is 32.1 Å². The van der Waals surface area contributed by atoms with Crippen molar-refractivity contribution in [2.24, 2.45) is 0 Å². The van der Waals surface area contributed by atoms with E-state index < -0.39 is 0 Å². The highest BCUT2D eigenvalue weighted by atomic mass is 32.1. The number of aromatic hydroxyl groups is 1. The molecule has 1 aromatic heterocycles. The molecule has 1 fully saturated rings. The summed E-state index contributed by atoms with van der Waals surface area (Å²) in [5.74, 6) is 1.26. The molecule has 1 saturated heterocycles. The third-order valence-electron chi connectivity index (χ3n) is 6.49. The molecule has 4 heteroatoms. The SMILES string of the molecule is Oc1ccc2c(Cc3ccc(OCCN4CCCCCC4)cc3)c(-c3ccccc3)sc2c1. The minimum absolute atomic E-state index is 0.316. The van der Waals surface area contributed by atoms with Crippen LogP contribution in [-0.2, 0) is 6.42 Å². The van der Waals surface area contributed by atoms with E-state index in [0.29, 0.717) is 5.75 Å². The number of thiophene rings is 1. The fraction of sp³-hybridized carbons (Fsp3) is 0.310. The van der Waals surface area contributed by atoms with Gasteiger partial charge in [0.15, 0.2) is 0 Å². The van der Waals surface area contributed by atoms with E-state index in [2.05, 4.69) is 53.4 Å². The standard InChI is InChI=1S/C29H31NO2S/c31-24-12-15-26-27(29(33-28(26)21-24)23-8-4-3-5-9-23)20-22-10-13-25(14-11-22)32-19-18-30-16-6-1-2-7-17-30/h3-5,8-15,21,31H,1-2,6-7,16-20H2. The molecule has 3 aromatic carbocycles. The number of phenols is 1. The van der Waals surface area contributed by atoms with Crippen molar-refractivity contribution in [3.8, 4) is 21.9 Å². The Morgan fingerprint density at radius 3 is 2.36 bits per heavy atom. The van der Waals surface area contributed by atoms with Crippen LogP contribution in [0.25, 0.3) is 20.5 Å². The van der Waals surface area contributed by atoms with Crippen LogP contribution in [0.2, 0.25) is 0 Å². The van der Waals surface area contributed by atoms with Crippen molar-refractivity contribution in [3.05, 3.63) is 83.9 Å². The van der Waals surface area contributed by atoms with Gasteiger partial charge >= 0.3 is 0 Å². The van der Waals surface area contributed by atoms with Crippen LogP contribution in [0.3, 0.4) is 0 Å². The Morgan fingerprint density at radius 2 is 1.61 bits per heavy atom. The molecular weight excluding hydrogens is 426 g/mol. The Hall–Kier alpha value is -2.82. The van der Waals surface area contributed by atoms with E-state index in [9.17, 15) is 5.11 Å². The van der Waals surface area contributed by atoms with Gasteiger partial charge in [0.2, 0.25) is 0 Å². The minimum atomic E-state index is 0.316. The molecule has 0 unspecified atom stereocenters. The number of hydrogen-bond acceptors (Lipinski definition) is 4. The maximum atomic E-state index is 9.98. The maximum absolute atomic E-state index is 9.98. The third kappa shape index (κ3) is 5.40. The highest BCUT2D eigenvalue weighted by molar-refractivity contribution is 7.22. The van der Waals surface area contributed by atoms with Crippen molar-refractivity contribution in [3.63, 3.8) is 0 Å². The van der Waals surface area contributed by atoms with Gasteiger partial charge in [0.1, 0.15) is 18.1 Å². The van der Waals surface area contributed by atoms with Gasteiger partial charge in [-0.25, -0.2) is 0 Å². The number of fused-ring (bicyclic) bond motifs is 1. The summed E-state index contributed by atoms with van der Waals surface area (Å²) in [6.07, 6.45) is 6.22. The van der Waals surface area contributed by atoms with E-state index in [0.717, 1.165) is 30.0 Å². The molecule has 1 aliphatic heterocycles. The first-order chi connectivity index (χ1) is 16.3. The van der Waals surface area contributed by atoms with E-state index in [-0.39, 0.29) is 0 Å². The second kappa shape index (κ2) is 10.4. The zero-order valence-corrected chi connectivity index (χ0v) is 19.8. The predicted octanol–water partition coefficient (Wildman–Crippen LogP) is 7.12. The van der Waals surface area contributed by atoms with Crippen molar-refractivity contribution >= 4 is 21.4 Å². The molecule has 33 heavy (non-hydrogen) atoms. The Kier molecular flexibility index (Phi) is 6.94. The molecule has 0 spiro atoms. The van der Waals surface area contributed by atoms with Gasteiger partial charge < -0.3 is 9.84 Å². The first-order valence-electron chi connectivity index (χ1n) is 12.0. The Balaban J connectivity index is 1.30. The number of likely N-dealkylation sites (tertiary alicyclic amines) is 1. The van der Waals surface area contributed by atoms with Crippen LogP contribution in [0.4, 0.5) is 0 Å². The summed E-state index contributed by atoms with van der Waals surface area (Å²) in [4.78, 5) is 3.81. The lowest BCUT2D eigenvalue weighted by Crippen LogP contribution is -2.29. The molecule has 0 radical (unpaired) electrons. The summed E-state index contributed by atoms with van der Waals surface area (Å²) >= 11 is 1.75. The van der Waals surface area contributed by atoms with Gasteiger partial charge in [0.05, 0.1) is 0 Å². The van der Waals surface area contributed by atoms with Crippen molar-refractivity contribution < 1.29 is 9.84 Å². The van der Waals surface area contributed by atoms with Crippen molar-refractivity contribution in [1.82, 2.24) is 4.90 Å². The monoisotopic (exact) mass is 457 g/mol. The largest absolute Gasteiger partial charge is 0.508 e. The number of rotatable bonds is 7. The summed E-state index contributed by atoms with van der Waals surface area (Å²) < 4.78 is 7.17. The first kappa shape index (κ1) is 22.0. The van der Waals surface area contributed by atoms with Crippen LogP contribution in [-0.4, -0.2) is 36.2 Å². The number of phenolic OH excluding ortho intramolecular Hbond substituents is 1. The summed E-state index contributed by atoms with van der Waals surface area (Å²) in [6.45, 7) is 4.17. The van der Waals surface area contributed by atoms with Crippen molar-refractivity contribution in [1.29, 1.82) is 0 Å². The van der Waals surface area contributed by atoms with E-state index in [1.807, 2.05) is 18.2 Å². The lowest BCUT2D eigenvalue weighted by Gasteiger charge is -2.19.